The largest absolute Gasteiger partial charge is 0.381 e. The molecule has 2 fully saturated rings. The Labute approximate surface area is 165 Å². The maximum atomic E-state index is 13.4. The molecule has 1 N–H and O–H groups in total. The third kappa shape index (κ3) is 3.83. The van der Waals surface area contributed by atoms with Gasteiger partial charge in [-0.3, -0.25) is 4.79 Å². The first kappa shape index (κ1) is 18.3. The maximum Gasteiger partial charge on any atom is 0.235 e. The zero-order valence-electron chi connectivity index (χ0n) is 15.4. The minimum atomic E-state index is -0.604. The summed E-state index contributed by atoms with van der Waals surface area (Å²) in [5.41, 5.74) is 2.38. The molecule has 0 atom stereocenters. The molecule has 5 heteroatoms. The van der Waals surface area contributed by atoms with E-state index >= 15 is 0 Å². The molecule has 2 heterocycles. The van der Waals surface area contributed by atoms with Crippen molar-refractivity contribution in [1.82, 2.24) is 0 Å². The summed E-state index contributed by atoms with van der Waals surface area (Å²) in [4.78, 5) is 15.8. The van der Waals surface area contributed by atoms with Crippen LogP contribution in [0.2, 0.25) is 5.02 Å². The summed E-state index contributed by atoms with van der Waals surface area (Å²) in [7, 11) is 0. The van der Waals surface area contributed by atoms with Gasteiger partial charge in [-0.15, -0.1) is 0 Å². The minimum Gasteiger partial charge on any atom is -0.381 e. The molecule has 0 unspecified atom stereocenters. The average molecular weight is 385 g/mol. The molecular formula is C22H25ClN2O2. The summed E-state index contributed by atoms with van der Waals surface area (Å²) in [5, 5.41) is 3.82. The van der Waals surface area contributed by atoms with Crippen LogP contribution in [0.15, 0.2) is 48.5 Å². The number of hydrogen-bond acceptors (Lipinski definition) is 3. The number of ether oxygens (including phenoxy) is 1. The van der Waals surface area contributed by atoms with Gasteiger partial charge < -0.3 is 15.0 Å². The number of nitrogens with zero attached hydrogens (tertiary/aromatic N) is 1. The van der Waals surface area contributed by atoms with Crippen molar-refractivity contribution in [2.24, 2.45) is 0 Å². The molecule has 2 aliphatic heterocycles. The minimum absolute atomic E-state index is 0.0200. The highest BCUT2D eigenvalue weighted by atomic mass is 35.5. The predicted octanol–water partition coefficient (Wildman–Crippen LogP) is 4.63. The Balaban J connectivity index is 1.60. The fourth-order valence-corrected chi connectivity index (χ4v) is 4.35. The van der Waals surface area contributed by atoms with Crippen molar-refractivity contribution in [3.05, 3.63) is 59.1 Å². The molecule has 27 heavy (non-hydrogen) atoms. The number of hydrogen-bond donors (Lipinski definition) is 1. The second-order valence-corrected chi connectivity index (χ2v) is 7.84. The number of rotatable bonds is 4. The highest BCUT2D eigenvalue weighted by Crippen LogP contribution is 2.37. The van der Waals surface area contributed by atoms with Crippen LogP contribution >= 0.6 is 11.6 Å². The Morgan fingerprint density at radius 1 is 1.04 bits per heavy atom. The highest BCUT2D eigenvalue weighted by molar-refractivity contribution is 6.30. The summed E-state index contributed by atoms with van der Waals surface area (Å²) < 4.78 is 5.54. The maximum absolute atomic E-state index is 13.4. The molecule has 4 nitrogen and oxygen atoms in total. The molecule has 142 valence electrons. The van der Waals surface area contributed by atoms with Gasteiger partial charge in [0, 0.05) is 42.7 Å². The molecule has 4 rings (SSSR count). The van der Waals surface area contributed by atoms with E-state index in [4.69, 9.17) is 16.3 Å². The normalized spacial score (nSPS) is 19.1. The van der Waals surface area contributed by atoms with Crippen LogP contribution in [0.4, 0.5) is 11.4 Å². The van der Waals surface area contributed by atoms with E-state index in [1.165, 1.54) is 18.5 Å². The fourth-order valence-electron chi connectivity index (χ4n) is 4.16. The second kappa shape index (κ2) is 7.91. The average Bonchev–Trinajstić information content (AvgIpc) is 3.24. The van der Waals surface area contributed by atoms with Gasteiger partial charge in [-0.05, 0) is 61.6 Å². The molecule has 2 aromatic rings. The van der Waals surface area contributed by atoms with Crippen molar-refractivity contribution in [2.45, 2.75) is 31.1 Å². The molecule has 2 aliphatic rings. The Bertz CT molecular complexity index is 811. The number of nitrogens with one attached hydrogen (secondary N) is 1. The van der Waals surface area contributed by atoms with Crippen molar-refractivity contribution in [2.75, 3.05) is 36.5 Å². The molecule has 0 aliphatic carbocycles. The van der Waals surface area contributed by atoms with Gasteiger partial charge in [0.2, 0.25) is 5.91 Å². The van der Waals surface area contributed by atoms with Crippen LogP contribution < -0.4 is 10.2 Å². The molecule has 0 saturated carbocycles. The number of halogens is 1. The monoisotopic (exact) mass is 384 g/mol. The van der Waals surface area contributed by atoms with Gasteiger partial charge in [0.05, 0.1) is 5.41 Å². The van der Waals surface area contributed by atoms with Gasteiger partial charge in [0.1, 0.15) is 0 Å². The van der Waals surface area contributed by atoms with Gasteiger partial charge in [-0.25, -0.2) is 0 Å². The second-order valence-electron chi connectivity index (χ2n) is 7.40. The van der Waals surface area contributed by atoms with E-state index in [1.54, 1.807) is 0 Å². The first-order valence-electron chi connectivity index (χ1n) is 9.68. The van der Waals surface area contributed by atoms with E-state index in [-0.39, 0.29) is 5.91 Å². The third-order valence-corrected chi connectivity index (χ3v) is 5.97. The molecule has 2 saturated heterocycles. The lowest BCUT2D eigenvalue weighted by Crippen LogP contribution is -2.44. The van der Waals surface area contributed by atoms with Crippen molar-refractivity contribution < 1.29 is 9.53 Å². The lowest BCUT2D eigenvalue weighted by Gasteiger charge is -2.36. The SMILES string of the molecule is O=C(Nc1cccc(N2CCCC2)c1)C1(c2cccc(Cl)c2)CCOCC1. The van der Waals surface area contributed by atoms with Crippen molar-refractivity contribution in [3.8, 4) is 0 Å². The molecule has 0 radical (unpaired) electrons. The number of amides is 1. The first-order chi connectivity index (χ1) is 13.2. The predicted molar refractivity (Wildman–Crippen MR) is 110 cm³/mol. The van der Waals surface area contributed by atoms with E-state index in [1.807, 2.05) is 36.4 Å². The number of carbonyl (C=O) groups excluding carboxylic acids is 1. The van der Waals surface area contributed by atoms with E-state index < -0.39 is 5.41 Å². The van der Waals surface area contributed by atoms with E-state index in [9.17, 15) is 4.79 Å². The molecule has 0 spiro atoms. The van der Waals surface area contributed by atoms with Crippen LogP contribution in [0.25, 0.3) is 0 Å². The van der Waals surface area contributed by atoms with E-state index in [0.717, 1.165) is 24.3 Å². The van der Waals surface area contributed by atoms with Crippen molar-refractivity contribution in [1.29, 1.82) is 0 Å². The van der Waals surface area contributed by atoms with Gasteiger partial charge in [-0.2, -0.15) is 0 Å². The molecule has 1 amide bonds. The number of anilines is 2. The van der Waals surface area contributed by atoms with Gasteiger partial charge in [0.15, 0.2) is 0 Å². The van der Waals surface area contributed by atoms with Gasteiger partial charge in [0.25, 0.3) is 0 Å². The standard InChI is InChI=1S/C22H25ClN2O2/c23-18-6-3-5-17(15-18)22(9-13-27-14-10-22)21(26)24-19-7-4-8-20(16-19)25-11-1-2-12-25/h3-8,15-16H,1-2,9-14H2,(H,24,26). The van der Waals surface area contributed by atoms with Gasteiger partial charge in [-0.1, -0.05) is 29.8 Å². The van der Waals surface area contributed by atoms with Gasteiger partial charge >= 0.3 is 0 Å². The topological polar surface area (TPSA) is 41.6 Å². The van der Waals surface area contributed by atoms with Crippen LogP contribution in [-0.2, 0) is 14.9 Å². The molecule has 2 aromatic carbocycles. The zero-order chi connectivity index (χ0) is 18.7. The molecular weight excluding hydrogens is 360 g/mol. The summed E-state index contributed by atoms with van der Waals surface area (Å²) in [6, 6.07) is 15.8. The summed E-state index contributed by atoms with van der Waals surface area (Å²) in [5.74, 6) is 0.0200. The van der Waals surface area contributed by atoms with Crippen molar-refractivity contribution in [3.63, 3.8) is 0 Å². The van der Waals surface area contributed by atoms with Crippen LogP contribution in [0, 0.1) is 0 Å². The zero-order valence-corrected chi connectivity index (χ0v) is 16.2. The number of carbonyl (C=O) groups is 1. The van der Waals surface area contributed by atoms with Crippen LogP contribution in [0.3, 0.4) is 0 Å². The first-order valence-corrected chi connectivity index (χ1v) is 10.1. The Kier molecular flexibility index (Phi) is 5.37. The Morgan fingerprint density at radius 2 is 1.78 bits per heavy atom. The molecule has 0 bridgehead atoms. The summed E-state index contributed by atoms with van der Waals surface area (Å²) >= 11 is 6.22. The van der Waals surface area contributed by atoms with Crippen LogP contribution in [-0.4, -0.2) is 32.2 Å². The lowest BCUT2D eigenvalue weighted by molar-refractivity contribution is -0.125. The van der Waals surface area contributed by atoms with Crippen LogP contribution in [0.5, 0.6) is 0 Å². The van der Waals surface area contributed by atoms with Crippen LogP contribution in [0.1, 0.15) is 31.2 Å². The quantitative estimate of drug-likeness (QED) is 0.835. The third-order valence-electron chi connectivity index (χ3n) is 5.73. The summed E-state index contributed by atoms with van der Waals surface area (Å²) in [6.07, 6.45) is 3.78. The summed E-state index contributed by atoms with van der Waals surface area (Å²) in [6.45, 7) is 3.32. The molecule has 0 aromatic heterocycles. The Hall–Kier alpha value is -2.04. The lowest BCUT2D eigenvalue weighted by atomic mass is 9.73. The smallest absolute Gasteiger partial charge is 0.235 e. The number of benzene rings is 2. The van der Waals surface area contributed by atoms with E-state index in [2.05, 4.69) is 22.3 Å². The Morgan fingerprint density at radius 3 is 2.52 bits per heavy atom. The van der Waals surface area contributed by atoms with E-state index in [0.29, 0.717) is 31.1 Å². The highest BCUT2D eigenvalue weighted by Gasteiger charge is 2.41. The van der Waals surface area contributed by atoms with Crippen molar-refractivity contribution >= 4 is 28.9 Å². The fraction of sp³-hybridized carbons (Fsp3) is 0.409.